The average molecular weight is 431 g/mol. The van der Waals surface area contributed by atoms with Crippen molar-refractivity contribution in [3.05, 3.63) is 42.7 Å². The Morgan fingerprint density at radius 3 is 2.67 bits per heavy atom. The summed E-state index contributed by atoms with van der Waals surface area (Å²) in [4.78, 5) is 21.3. The number of hydrogen-bond donors (Lipinski definition) is 1. The zero-order valence-corrected chi connectivity index (χ0v) is 17.9. The smallest absolute Gasteiger partial charge is 0.260 e. The number of hydrogen-bond acceptors (Lipinski definition) is 6. The number of ether oxygens (including phenoxy) is 1. The molecule has 30 heavy (non-hydrogen) atoms. The summed E-state index contributed by atoms with van der Waals surface area (Å²) in [5, 5.41) is 2.87. The van der Waals surface area contributed by atoms with E-state index < -0.39 is 15.9 Å². The summed E-state index contributed by atoms with van der Waals surface area (Å²) >= 11 is 0. The number of sulfonamides is 1. The topological polar surface area (TPSA) is 101 Å². The van der Waals surface area contributed by atoms with Gasteiger partial charge in [-0.05, 0) is 63.3 Å². The Labute approximate surface area is 176 Å². The van der Waals surface area contributed by atoms with Gasteiger partial charge >= 0.3 is 0 Å². The fraction of sp³-hybridized carbons (Fsp3) is 0.476. The van der Waals surface area contributed by atoms with Crippen LogP contribution in [0.4, 0.5) is 5.82 Å². The summed E-state index contributed by atoms with van der Waals surface area (Å²) in [5.74, 6) is 0.614. The molecule has 2 aromatic rings. The molecule has 2 saturated heterocycles. The monoisotopic (exact) mass is 430 g/mol. The van der Waals surface area contributed by atoms with Gasteiger partial charge in [-0.25, -0.2) is 18.4 Å². The normalized spacial score (nSPS) is 24.0. The molecular formula is C21H26N4O4S. The van der Waals surface area contributed by atoms with E-state index in [2.05, 4.69) is 15.3 Å². The summed E-state index contributed by atoms with van der Waals surface area (Å²) in [5.41, 5.74) is 0. The minimum atomic E-state index is -3.74. The second-order valence-corrected chi connectivity index (χ2v) is 9.97. The largest absolute Gasteiger partial charge is 0.489 e. The van der Waals surface area contributed by atoms with E-state index in [0.717, 1.165) is 6.42 Å². The summed E-state index contributed by atoms with van der Waals surface area (Å²) < 4.78 is 33.3. The van der Waals surface area contributed by atoms with E-state index in [0.29, 0.717) is 31.0 Å². The summed E-state index contributed by atoms with van der Waals surface area (Å²) in [6.07, 6.45) is 5.36. The molecule has 0 spiro atoms. The summed E-state index contributed by atoms with van der Waals surface area (Å²) in [6.45, 7) is 4.30. The number of piperidine rings is 2. The van der Waals surface area contributed by atoms with Crippen molar-refractivity contribution >= 4 is 21.7 Å². The van der Waals surface area contributed by atoms with Crippen LogP contribution >= 0.6 is 0 Å². The van der Waals surface area contributed by atoms with Gasteiger partial charge in [-0.3, -0.25) is 4.79 Å². The van der Waals surface area contributed by atoms with Crippen molar-refractivity contribution in [2.45, 2.75) is 50.3 Å². The molecule has 1 aliphatic carbocycles. The Balaban J connectivity index is 1.50. The lowest BCUT2D eigenvalue weighted by molar-refractivity contribution is -0.125. The van der Waals surface area contributed by atoms with Crippen LogP contribution in [0.15, 0.2) is 47.8 Å². The van der Waals surface area contributed by atoms with Gasteiger partial charge in [0, 0.05) is 18.8 Å². The molecule has 160 valence electrons. The van der Waals surface area contributed by atoms with Crippen molar-refractivity contribution in [2.24, 2.45) is 11.8 Å². The highest BCUT2D eigenvalue weighted by Gasteiger charge is 2.49. The lowest BCUT2D eigenvalue weighted by atomic mass is 9.73. The van der Waals surface area contributed by atoms with Gasteiger partial charge in [0.25, 0.3) is 10.0 Å². The predicted molar refractivity (Wildman–Crippen MR) is 111 cm³/mol. The number of rotatable bonds is 6. The molecule has 2 aliphatic heterocycles. The molecule has 3 fully saturated rings. The van der Waals surface area contributed by atoms with Crippen molar-refractivity contribution in [3.8, 4) is 5.75 Å². The van der Waals surface area contributed by atoms with Crippen molar-refractivity contribution < 1.29 is 17.9 Å². The maximum atomic E-state index is 13.1. The zero-order chi connectivity index (χ0) is 21.3. The quantitative estimate of drug-likeness (QED) is 0.756. The molecule has 1 saturated carbocycles. The van der Waals surface area contributed by atoms with Crippen LogP contribution < -0.4 is 10.1 Å². The van der Waals surface area contributed by atoms with E-state index in [1.807, 2.05) is 13.8 Å². The average Bonchev–Trinajstić information content (AvgIpc) is 2.75. The summed E-state index contributed by atoms with van der Waals surface area (Å²) in [6, 6.07) is 7.92. The number of anilines is 1. The van der Waals surface area contributed by atoms with Gasteiger partial charge < -0.3 is 10.1 Å². The number of amides is 1. The predicted octanol–water partition coefficient (Wildman–Crippen LogP) is 2.69. The van der Waals surface area contributed by atoms with E-state index in [4.69, 9.17) is 4.74 Å². The standard InChI is InChI=1S/C21H26N4O4S/c1-14(2)29-16-7-9-19(23-12-16)24-21(26)17-11-15-6-8-18(17)25(13-15)30(27,28)20-5-3-4-10-22-20/h3-5,7,9-10,12,14-15,17-18H,6,8,11,13H2,1-2H3,(H,23,24,26)/t15-,17-,18-/m1/s1. The molecular weight excluding hydrogens is 404 g/mol. The lowest BCUT2D eigenvalue weighted by Crippen LogP contribution is -2.57. The van der Waals surface area contributed by atoms with Crippen molar-refractivity contribution in [2.75, 3.05) is 11.9 Å². The molecule has 3 atom stereocenters. The molecule has 1 N–H and O–H groups in total. The van der Waals surface area contributed by atoms with Gasteiger partial charge in [0.15, 0.2) is 5.03 Å². The Hall–Kier alpha value is -2.52. The number of nitrogens with zero attached hydrogens (tertiary/aromatic N) is 3. The number of carbonyl (C=O) groups is 1. The number of nitrogens with one attached hydrogen (secondary N) is 1. The lowest BCUT2D eigenvalue weighted by Gasteiger charge is -2.48. The molecule has 0 unspecified atom stereocenters. The Bertz CT molecular complexity index is 995. The van der Waals surface area contributed by atoms with E-state index in [1.165, 1.54) is 16.6 Å². The molecule has 9 heteroatoms. The third kappa shape index (κ3) is 4.17. The van der Waals surface area contributed by atoms with E-state index in [9.17, 15) is 13.2 Å². The van der Waals surface area contributed by atoms with Crippen LogP contribution in [-0.2, 0) is 14.8 Å². The SMILES string of the molecule is CC(C)Oc1ccc(NC(=O)[C@@H]2C[C@H]3CC[C@H]2N(S(=O)(=O)c2ccccn2)C3)nc1. The third-order valence-corrected chi connectivity index (χ3v) is 7.44. The van der Waals surface area contributed by atoms with Crippen LogP contribution in [-0.4, -0.2) is 47.3 Å². The van der Waals surface area contributed by atoms with E-state index >= 15 is 0 Å². The first-order chi connectivity index (χ1) is 14.3. The highest BCUT2D eigenvalue weighted by molar-refractivity contribution is 7.89. The second kappa shape index (κ2) is 8.31. The highest BCUT2D eigenvalue weighted by atomic mass is 32.2. The first-order valence-corrected chi connectivity index (χ1v) is 11.6. The molecule has 5 rings (SSSR count). The minimum Gasteiger partial charge on any atom is -0.489 e. The van der Waals surface area contributed by atoms with E-state index in [1.54, 1.807) is 30.5 Å². The molecule has 4 heterocycles. The molecule has 1 amide bonds. The van der Waals surface area contributed by atoms with Crippen molar-refractivity contribution in [1.29, 1.82) is 0 Å². The fourth-order valence-electron chi connectivity index (χ4n) is 4.34. The van der Waals surface area contributed by atoms with Crippen LogP contribution in [0.5, 0.6) is 5.75 Å². The van der Waals surface area contributed by atoms with Crippen molar-refractivity contribution in [3.63, 3.8) is 0 Å². The van der Waals surface area contributed by atoms with Crippen LogP contribution in [0.25, 0.3) is 0 Å². The van der Waals surface area contributed by atoms with Gasteiger partial charge in [-0.1, -0.05) is 6.07 Å². The zero-order valence-electron chi connectivity index (χ0n) is 17.1. The highest BCUT2D eigenvalue weighted by Crippen LogP contribution is 2.42. The van der Waals surface area contributed by atoms with Crippen LogP contribution in [0.1, 0.15) is 33.1 Å². The first kappa shape index (κ1) is 20.7. The Kier molecular flexibility index (Phi) is 5.75. The van der Waals surface area contributed by atoms with E-state index in [-0.39, 0.29) is 29.0 Å². The molecule has 2 bridgehead atoms. The van der Waals surface area contributed by atoms with Gasteiger partial charge in [0.1, 0.15) is 11.6 Å². The second-order valence-electron chi connectivity index (χ2n) is 8.13. The van der Waals surface area contributed by atoms with Crippen LogP contribution in [0, 0.1) is 11.8 Å². The van der Waals surface area contributed by atoms with Crippen molar-refractivity contribution in [1.82, 2.24) is 14.3 Å². The molecule has 0 aromatic carbocycles. The summed E-state index contributed by atoms with van der Waals surface area (Å²) in [7, 11) is -3.74. The maximum Gasteiger partial charge on any atom is 0.260 e. The molecule has 2 aromatic heterocycles. The Morgan fingerprint density at radius 2 is 2.03 bits per heavy atom. The maximum absolute atomic E-state index is 13.1. The molecule has 8 nitrogen and oxygen atoms in total. The third-order valence-electron chi connectivity index (χ3n) is 5.64. The number of aromatic nitrogens is 2. The van der Waals surface area contributed by atoms with Gasteiger partial charge in [0.05, 0.1) is 18.2 Å². The van der Waals surface area contributed by atoms with Gasteiger partial charge in [-0.15, -0.1) is 0 Å². The van der Waals surface area contributed by atoms with Crippen LogP contribution in [0.2, 0.25) is 0 Å². The molecule has 3 aliphatic rings. The van der Waals surface area contributed by atoms with Gasteiger partial charge in [0.2, 0.25) is 5.91 Å². The number of carbonyl (C=O) groups excluding carboxylic acids is 1. The molecule has 0 radical (unpaired) electrons. The first-order valence-electron chi connectivity index (χ1n) is 10.2. The Morgan fingerprint density at radius 1 is 1.20 bits per heavy atom. The number of fused-ring (bicyclic) bond motifs is 3. The number of pyridine rings is 2. The fourth-order valence-corrected chi connectivity index (χ4v) is 6.04. The minimum absolute atomic E-state index is 0.0270. The van der Waals surface area contributed by atoms with Gasteiger partial charge in [-0.2, -0.15) is 4.31 Å². The van der Waals surface area contributed by atoms with Crippen LogP contribution in [0.3, 0.4) is 0 Å².